The van der Waals surface area contributed by atoms with E-state index >= 15 is 0 Å². The van der Waals surface area contributed by atoms with Crippen molar-refractivity contribution >= 4 is 10.9 Å². The predicted molar refractivity (Wildman–Crippen MR) is 95.0 cm³/mol. The van der Waals surface area contributed by atoms with Crippen molar-refractivity contribution in [3.63, 3.8) is 0 Å². The van der Waals surface area contributed by atoms with E-state index in [1.807, 2.05) is 18.2 Å². The van der Waals surface area contributed by atoms with Crippen molar-refractivity contribution < 1.29 is 0 Å². The first kappa shape index (κ1) is 14.3. The highest BCUT2D eigenvalue weighted by atomic mass is 16.1. The molecule has 3 aromatic rings. The van der Waals surface area contributed by atoms with Crippen molar-refractivity contribution in [1.29, 1.82) is 0 Å². The lowest BCUT2D eigenvalue weighted by molar-refractivity contribution is 0.459. The van der Waals surface area contributed by atoms with E-state index in [4.69, 9.17) is 0 Å². The molecule has 4 rings (SSSR count). The zero-order valence-corrected chi connectivity index (χ0v) is 13.4. The smallest absolute Gasteiger partial charge is 0.252 e. The predicted octanol–water partition coefficient (Wildman–Crippen LogP) is 4.63. The van der Waals surface area contributed by atoms with E-state index in [0.717, 1.165) is 30.3 Å². The van der Waals surface area contributed by atoms with Gasteiger partial charge in [-0.25, -0.2) is 0 Å². The number of aromatic amines is 1. The van der Waals surface area contributed by atoms with Gasteiger partial charge < -0.3 is 4.98 Å². The first-order valence-corrected chi connectivity index (χ1v) is 8.48. The van der Waals surface area contributed by atoms with Crippen LogP contribution >= 0.6 is 0 Å². The Morgan fingerprint density at radius 3 is 2.57 bits per heavy atom. The summed E-state index contributed by atoms with van der Waals surface area (Å²) in [7, 11) is 0. The number of H-pyrrole nitrogens is 1. The zero-order chi connectivity index (χ0) is 15.8. The molecule has 1 N–H and O–H groups in total. The zero-order valence-electron chi connectivity index (χ0n) is 13.4. The number of pyridine rings is 1. The van der Waals surface area contributed by atoms with Gasteiger partial charge in [0.2, 0.25) is 0 Å². The second kappa shape index (κ2) is 5.69. The van der Waals surface area contributed by atoms with Gasteiger partial charge in [-0.05, 0) is 36.0 Å². The molecule has 0 unspecified atom stereocenters. The molecule has 1 aromatic heterocycles. The summed E-state index contributed by atoms with van der Waals surface area (Å²) in [6, 6.07) is 18.7. The van der Waals surface area contributed by atoms with E-state index in [1.165, 1.54) is 16.5 Å². The SMILES string of the molecule is CCC[C@@H]1Cc2c(c(=O)[nH]c3ccccc23)[C@H]1c1ccccc1. The minimum Gasteiger partial charge on any atom is -0.322 e. The van der Waals surface area contributed by atoms with Crippen molar-refractivity contribution in [2.24, 2.45) is 5.92 Å². The van der Waals surface area contributed by atoms with E-state index < -0.39 is 0 Å². The largest absolute Gasteiger partial charge is 0.322 e. The molecule has 0 amide bonds. The lowest BCUT2D eigenvalue weighted by Crippen LogP contribution is -2.18. The molecule has 0 saturated carbocycles. The van der Waals surface area contributed by atoms with Crippen LogP contribution < -0.4 is 5.56 Å². The summed E-state index contributed by atoms with van der Waals surface area (Å²) in [6.07, 6.45) is 3.31. The summed E-state index contributed by atoms with van der Waals surface area (Å²) in [5.41, 5.74) is 4.57. The van der Waals surface area contributed by atoms with Crippen LogP contribution in [0.2, 0.25) is 0 Å². The van der Waals surface area contributed by atoms with Crippen LogP contribution in [0.15, 0.2) is 59.4 Å². The first-order chi connectivity index (χ1) is 11.3. The third kappa shape index (κ3) is 2.29. The van der Waals surface area contributed by atoms with Gasteiger partial charge in [0.1, 0.15) is 0 Å². The molecule has 0 fully saturated rings. The molecule has 0 bridgehead atoms. The van der Waals surface area contributed by atoms with E-state index in [1.54, 1.807) is 0 Å². The highest BCUT2D eigenvalue weighted by Gasteiger charge is 2.36. The summed E-state index contributed by atoms with van der Waals surface area (Å²) in [5, 5.41) is 1.21. The molecule has 1 heterocycles. The lowest BCUT2D eigenvalue weighted by Gasteiger charge is -2.20. The molecular formula is C21H21NO. The van der Waals surface area contributed by atoms with Crippen LogP contribution in [0.1, 0.15) is 42.4 Å². The number of hydrogen-bond acceptors (Lipinski definition) is 1. The monoisotopic (exact) mass is 303 g/mol. The Morgan fingerprint density at radius 2 is 1.78 bits per heavy atom. The number of fused-ring (bicyclic) bond motifs is 3. The minimum absolute atomic E-state index is 0.0890. The van der Waals surface area contributed by atoms with Gasteiger partial charge >= 0.3 is 0 Å². The van der Waals surface area contributed by atoms with Crippen LogP contribution in [0, 0.1) is 5.92 Å². The maximum Gasteiger partial charge on any atom is 0.252 e. The van der Waals surface area contributed by atoms with Gasteiger partial charge in [0, 0.05) is 22.4 Å². The lowest BCUT2D eigenvalue weighted by atomic mass is 9.84. The molecule has 23 heavy (non-hydrogen) atoms. The van der Waals surface area contributed by atoms with Crippen LogP contribution in [0.25, 0.3) is 10.9 Å². The molecule has 116 valence electrons. The van der Waals surface area contributed by atoms with Gasteiger partial charge in [0.25, 0.3) is 5.56 Å². The number of para-hydroxylation sites is 1. The molecule has 0 radical (unpaired) electrons. The van der Waals surface area contributed by atoms with Crippen molar-refractivity contribution in [3.05, 3.63) is 81.6 Å². The average molecular weight is 303 g/mol. The van der Waals surface area contributed by atoms with Crippen molar-refractivity contribution in [2.75, 3.05) is 0 Å². The van der Waals surface area contributed by atoms with E-state index in [-0.39, 0.29) is 11.5 Å². The number of hydrogen-bond donors (Lipinski definition) is 1. The topological polar surface area (TPSA) is 32.9 Å². The molecule has 2 nitrogen and oxygen atoms in total. The summed E-state index contributed by atoms with van der Waals surface area (Å²) < 4.78 is 0. The highest BCUT2D eigenvalue weighted by Crippen LogP contribution is 2.44. The third-order valence-electron chi connectivity index (χ3n) is 5.14. The van der Waals surface area contributed by atoms with Gasteiger partial charge in [-0.3, -0.25) is 4.79 Å². The number of benzene rings is 2. The van der Waals surface area contributed by atoms with Gasteiger partial charge in [-0.2, -0.15) is 0 Å². The molecule has 2 heteroatoms. The van der Waals surface area contributed by atoms with Gasteiger partial charge in [-0.1, -0.05) is 61.9 Å². The van der Waals surface area contributed by atoms with Crippen molar-refractivity contribution in [3.8, 4) is 0 Å². The van der Waals surface area contributed by atoms with Crippen molar-refractivity contribution in [2.45, 2.75) is 32.1 Å². The normalized spacial score (nSPS) is 19.9. The molecule has 0 aliphatic heterocycles. The Balaban J connectivity index is 1.97. The molecule has 1 aliphatic carbocycles. The number of aromatic nitrogens is 1. The van der Waals surface area contributed by atoms with Crippen LogP contribution in [-0.4, -0.2) is 4.98 Å². The first-order valence-electron chi connectivity index (χ1n) is 8.48. The van der Waals surface area contributed by atoms with Crippen molar-refractivity contribution in [1.82, 2.24) is 4.98 Å². The molecule has 0 saturated heterocycles. The Labute approximate surface area is 136 Å². The number of rotatable bonds is 3. The maximum absolute atomic E-state index is 12.8. The molecular weight excluding hydrogens is 282 g/mol. The minimum atomic E-state index is 0.0890. The summed E-state index contributed by atoms with van der Waals surface area (Å²) in [4.78, 5) is 15.9. The Hall–Kier alpha value is -2.35. The Kier molecular flexibility index (Phi) is 3.53. The maximum atomic E-state index is 12.8. The standard InChI is InChI=1S/C21H21NO/c1-2-8-15-13-17-16-11-6-7-12-18(16)22-21(23)20(17)19(15)14-9-4-3-5-10-14/h3-7,9-12,15,19H,2,8,13H2,1H3,(H,22,23)/t15-,19+/m1/s1. The van der Waals surface area contributed by atoms with Crippen LogP contribution in [0.5, 0.6) is 0 Å². The summed E-state index contributed by atoms with van der Waals surface area (Å²) >= 11 is 0. The fourth-order valence-corrected chi connectivity index (χ4v) is 4.23. The summed E-state index contributed by atoms with van der Waals surface area (Å²) in [5.74, 6) is 0.740. The third-order valence-corrected chi connectivity index (χ3v) is 5.14. The average Bonchev–Trinajstić information content (AvgIpc) is 2.96. The van der Waals surface area contributed by atoms with Gasteiger partial charge in [0.05, 0.1) is 0 Å². The number of nitrogens with one attached hydrogen (secondary N) is 1. The Morgan fingerprint density at radius 1 is 1.04 bits per heavy atom. The molecule has 2 aromatic carbocycles. The van der Waals surface area contributed by atoms with E-state index in [2.05, 4.69) is 48.3 Å². The van der Waals surface area contributed by atoms with Crippen LogP contribution in [0.4, 0.5) is 0 Å². The quantitative estimate of drug-likeness (QED) is 0.751. The van der Waals surface area contributed by atoms with E-state index in [9.17, 15) is 4.79 Å². The second-order valence-corrected chi connectivity index (χ2v) is 6.53. The van der Waals surface area contributed by atoms with Gasteiger partial charge in [-0.15, -0.1) is 0 Å². The fraction of sp³-hybridized carbons (Fsp3) is 0.286. The van der Waals surface area contributed by atoms with E-state index in [0.29, 0.717) is 5.92 Å². The van der Waals surface area contributed by atoms with Gasteiger partial charge in [0.15, 0.2) is 0 Å². The van der Waals surface area contributed by atoms with Crippen LogP contribution in [-0.2, 0) is 6.42 Å². The molecule has 2 atom stereocenters. The summed E-state index contributed by atoms with van der Waals surface area (Å²) in [6.45, 7) is 2.23. The highest BCUT2D eigenvalue weighted by molar-refractivity contribution is 5.84. The fourth-order valence-electron chi connectivity index (χ4n) is 4.23. The molecule has 0 spiro atoms. The molecule has 1 aliphatic rings. The Bertz CT molecular complexity index is 895. The second-order valence-electron chi connectivity index (χ2n) is 6.53. The van der Waals surface area contributed by atoms with Crippen LogP contribution in [0.3, 0.4) is 0 Å².